The summed E-state index contributed by atoms with van der Waals surface area (Å²) in [4.78, 5) is 13.6. The van der Waals surface area contributed by atoms with Crippen molar-refractivity contribution in [3.05, 3.63) is 76.2 Å². The van der Waals surface area contributed by atoms with Crippen molar-refractivity contribution in [2.75, 3.05) is 12.5 Å². The number of carbonyl (C=O) groups excluding carboxylic acids is 1. The first-order chi connectivity index (χ1) is 15.7. The zero-order valence-electron chi connectivity index (χ0n) is 16.5. The molecule has 3 heterocycles. The van der Waals surface area contributed by atoms with Crippen LogP contribution in [0.3, 0.4) is 0 Å². The number of halogens is 1. The summed E-state index contributed by atoms with van der Waals surface area (Å²) in [5, 5.41) is 13.3. The summed E-state index contributed by atoms with van der Waals surface area (Å²) in [5.41, 5.74) is 1.50. The minimum Gasteiger partial charge on any atom is -0.454 e. The van der Waals surface area contributed by atoms with Gasteiger partial charge in [-0.3, -0.25) is 4.79 Å². The van der Waals surface area contributed by atoms with E-state index in [1.54, 1.807) is 30.3 Å². The Morgan fingerprint density at radius 1 is 1.12 bits per heavy atom. The molecule has 5 rings (SSSR count). The maximum Gasteiger partial charge on any atom is 0.277 e. The highest BCUT2D eigenvalue weighted by Gasteiger charge is 2.20. The van der Waals surface area contributed by atoms with Gasteiger partial charge in [0.1, 0.15) is 5.82 Å². The number of thioether (sulfide) groups is 1. The molecule has 4 aromatic rings. The Labute approximate surface area is 190 Å². The molecule has 7 nitrogen and oxygen atoms in total. The van der Waals surface area contributed by atoms with Gasteiger partial charge in [-0.15, -0.1) is 21.5 Å². The van der Waals surface area contributed by atoms with Gasteiger partial charge in [-0.1, -0.05) is 30.0 Å². The minimum absolute atomic E-state index is 0.0891. The monoisotopic (exact) mass is 469 g/mol. The highest BCUT2D eigenvalue weighted by molar-refractivity contribution is 7.99. The Balaban J connectivity index is 1.24. The van der Waals surface area contributed by atoms with Gasteiger partial charge in [-0.25, -0.2) is 4.39 Å². The molecule has 1 atom stereocenters. The fourth-order valence-corrected chi connectivity index (χ4v) is 4.55. The van der Waals surface area contributed by atoms with Crippen molar-refractivity contribution >= 4 is 29.0 Å². The van der Waals surface area contributed by atoms with Gasteiger partial charge < -0.3 is 19.2 Å². The van der Waals surface area contributed by atoms with Crippen LogP contribution in [0.1, 0.15) is 16.5 Å². The third kappa shape index (κ3) is 4.46. The van der Waals surface area contributed by atoms with E-state index in [1.165, 1.54) is 23.5 Å². The van der Waals surface area contributed by atoms with Crippen molar-refractivity contribution in [3.63, 3.8) is 0 Å². The number of rotatable bonds is 7. The van der Waals surface area contributed by atoms with E-state index in [-0.39, 0.29) is 35.5 Å². The van der Waals surface area contributed by atoms with E-state index in [1.807, 2.05) is 17.5 Å². The molecule has 10 heteroatoms. The SMILES string of the molecule is O=C(CSc1nnc(-c2ccc3c(c2)OCO3)o1)N[C@@H](c1ccc(F)cc1)c1cccs1. The average molecular weight is 470 g/mol. The van der Waals surface area contributed by atoms with Gasteiger partial charge in [0, 0.05) is 10.4 Å². The number of thiophene rings is 1. The van der Waals surface area contributed by atoms with Crippen LogP contribution < -0.4 is 14.8 Å². The minimum atomic E-state index is -0.365. The summed E-state index contributed by atoms with van der Waals surface area (Å²) in [5.74, 6) is 1.17. The summed E-state index contributed by atoms with van der Waals surface area (Å²) >= 11 is 2.66. The first kappa shape index (κ1) is 20.5. The van der Waals surface area contributed by atoms with Crippen LogP contribution in [0.15, 0.2) is 69.6 Å². The molecule has 0 spiro atoms. The zero-order chi connectivity index (χ0) is 21.9. The van der Waals surface area contributed by atoms with Crippen molar-refractivity contribution in [2.45, 2.75) is 11.3 Å². The molecule has 0 saturated carbocycles. The Morgan fingerprint density at radius 3 is 2.78 bits per heavy atom. The highest BCUT2D eigenvalue weighted by atomic mass is 32.2. The molecule has 0 saturated heterocycles. The van der Waals surface area contributed by atoms with Gasteiger partial charge in [0.25, 0.3) is 5.22 Å². The van der Waals surface area contributed by atoms with E-state index in [0.29, 0.717) is 23.0 Å². The van der Waals surface area contributed by atoms with Crippen LogP contribution in [0.2, 0.25) is 0 Å². The van der Waals surface area contributed by atoms with Crippen LogP contribution in [0, 0.1) is 5.82 Å². The lowest BCUT2D eigenvalue weighted by molar-refractivity contribution is -0.119. The molecule has 162 valence electrons. The Kier molecular flexibility index (Phi) is 5.78. The number of hydrogen-bond donors (Lipinski definition) is 1. The van der Waals surface area contributed by atoms with E-state index >= 15 is 0 Å². The largest absolute Gasteiger partial charge is 0.454 e. The third-order valence-electron chi connectivity index (χ3n) is 4.69. The first-order valence-corrected chi connectivity index (χ1v) is 11.5. The van der Waals surface area contributed by atoms with Gasteiger partial charge in [0.05, 0.1) is 11.8 Å². The van der Waals surface area contributed by atoms with Crippen LogP contribution in [0.4, 0.5) is 4.39 Å². The van der Waals surface area contributed by atoms with Crippen molar-refractivity contribution in [3.8, 4) is 23.0 Å². The summed E-state index contributed by atoms with van der Waals surface area (Å²) in [6.45, 7) is 0.184. The van der Waals surface area contributed by atoms with Crippen molar-refractivity contribution in [2.24, 2.45) is 0 Å². The molecule has 0 aliphatic carbocycles. The van der Waals surface area contributed by atoms with Crippen molar-refractivity contribution in [1.29, 1.82) is 0 Å². The van der Waals surface area contributed by atoms with E-state index in [9.17, 15) is 9.18 Å². The molecule has 1 aliphatic rings. The molecule has 32 heavy (non-hydrogen) atoms. The molecular formula is C22H16FN3O4S2. The quantitative estimate of drug-likeness (QED) is 0.394. The lowest BCUT2D eigenvalue weighted by Gasteiger charge is -2.18. The Morgan fingerprint density at radius 2 is 1.97 bits per heavy atom. The van der Waals surface area contributed by atoms with Crippen molar-refractivity contribution in [1.82, 2.24) is 15.5 Å². The summed E-state index contributed by atoms with van der Waals surface area (Å²) < 4.78 is 29.7. The molecule has 0 fully saturated rings. The van der Waals surface area contributed by atoms with Gasteiger partial charge in [-0.05, 0) is 47.3 Å². The second kappa shape index (κ2) is 9.01. The van der Waals surface area contributed by atoms with Gasteiger partial charge in [-0.2, -0.15) is 0 Å². The molecule has 2 aromatic heterocycles. The third-order valence-corrected chi connectivity index (χ3v) is 6.44. The molecule has 1 amide bonds. The molecule has 1 aliphatic heterocycles. The predicted octanol–water partition coefficient (Wildman–Crippen LogP) is 4.66. The van der Waals surface area contributed by atoms with Crippen LogP contribution in [0.5, 0.6) is 11.5 Å². The second-order valence-corrected chi connectivity index (χ2v) is 8.70. The van der Waals surface area contributed by atoms with Gasteiger partial charge in [0.2, 0.25) is 18.6 Å². The number of carbonyl (C=O) groups is 1. The second-order valence-electron chi connectivity index (χ2n) is 6.80. The Hall–Kier alpha value is -3.37. The number of nitrogens with zero attached hydrogens (tertiary/aromatic N) is 2. The number of aromatic nitrogens is 2. The normalized spacial score (nSPS) is 13.2. The summed E-state index contributed by atoms with van der Waals surface area (Å²) in [7, 11) is 0. The lowest BCUT2D eigenvalue weighted by Crippen LogP contribution is -2.30. The topological polar surface area (TPSA) is 86.5 Å². The van der Waals surface area contributed by atoms with Gasteiger partial charge in [0.15, 0.2) is 11.5 Å². The first-order valence-electron chi connectivity index (χ1n) is 9.60. The van der Waals surface area contributed by atoms with E-state index < -0.39 is 0 Å². The van der Waals surface area contributed by atoms with Crippen molar-refractivity contribution < 1.29 is 23.1 Å². The molecule has 2 aromatic carbocycles. The molecular weight excluding hydrogens is 453 g/mol. The van der Waals surface area contributed by atoms with E-state index in [4.69, 9.17) is 13.9 Å². The van der Waals surface area contributed by atoms with Crippen LogP contribution >= 0.6 is 23.1 Å². The molecule has 0 bridgehead atoms. The standard InChI is InChI=1S/C22H16FN3O4S2/c23-15-6-3-13(4-7-15)20(18-2-1-9-31-18)24-19(27)11-32-22-26-25-21(30-22)14-5-8-16-17(10-14)29-12-28-16/h1-10,20H,11-12H2,(H,24,27)/t20-/m0/s1. The summed E-state index contributed by atoms with van der Waals surface area (Å²) in [6.07, 6.45) is 0. The molecule has 1 N–H and O–H groups in total. The number of benzene rings is 2. The number of fused-ring (bicyclic) bond motifs is 1. The maximum atomic E-state index is 13.3. The lowest BCUT2D eigenvalue weighted by atomic mass is 10.1. The predicted molar refractivity (Wildman–Crippen MR) is 117 cm³/mol. The fourth-order valence-electron chi connectivity index (χ4n) is 3.17. The highest BCUT2D eigenvalue weighted by Crippen LogP contribution is 2.36. The average Bonchev–Trinajstić information content (AvgIpc) is 3.58. The number of hydrogen-bond acceptors (Lipinski definition) is 8. The molecule has 0 unspecified atom stereocenters. The number of amides is 1. The number of nitrogens with one attached hydrogen (secondary N) is 1. The Bertz CT molecular complexity index is 1230. The number of ether oxygens (including phenoxy) is 2. The van der Waals surface area contributed by atoms with Crippen LogP contribution in [0.25, 0.3) is 11.5 Å². The van der Waals surface area contributed by atoms with Crippen LogP contribution in [-0.4, -0.2) is 28.7 Å². The summed E-state index contributed by atoms with van der Waals surface area (Å²) in [6, 6.07) is 14.9. The maximum absolute atomic E-state index is 13.3. The van der Waals surface area contributed by atoms with Gasteiger partial charge >= 0.3 is 0 Å². The van der Waals surface area contributed by atoms with E-state index in [2.05, 4.69) is 15.5 Å². The fraction of sp³-hybridized carbons (Fsp3) is 0.136. The van der Waals surface area contributed by atoms with Crippen LogP contribution in [-0.2, 0) is 4.79 Å². The zero-order valence-corrected chi connectivity index (χ0v) is 18.1. The smallest absolute Gasteiger partial charge is 0.277 e. The molecule has 0 radical (unpaired) electrons. The van der Waals surface area contributed by atoms with E-state index in [0.717, 1.165) is 22.2 Å².